The van der Waals surface area contributed by atoms with Crippen molar-refractivity contribution in [2.75, 3.05) is 12.3 Å². The van der Waals surface area contributed by atoms with Gasteiger partial charge in [0.25, 0.3) is 0 Å². The van der Waals surface area contributed by atoms with Gasteiger partial charge in [0, 0.05) is 17.2 Å². The zero-order valence-corrected chi connectivity index (χ0v) is 12.0. The number of fused-ring (bicyclic) bond motifs is 1. The van der Waals surface area contributed by atoms with Crippen LogP contribution in [0.15, 0.2) is 53.4 Å². The molecule has 5 heteroatoms. The zero-order valence-electron chi connectivity index (χ0n) is 11.2. The van der Waals surface area contributed by atoms with Gasteiger partial charge in [-0.1, -0.05) is 30.3 Å². The van der Waals surface area contributed by atoms with Gasteiger partial charge in [0.2, 0.25) is 0 Å². The molecule has 1 unspecified atom stereocenters. The summed E-state index contributed by atoms with van der Waals surface area (Å²) in [5, 5.41) is 3.34. The van der Waals surface area contributed by atoms with Gasteiger partial charge in [0.15, 0.2) is 0 Å². The lowest BCUT2D eigenvalue weighted by Crippen LogP contribution is -2.23. The molecule has 0 saturated carbocycles. The Hall–Kier alpha value is -1.46. The van der Waals surface area contributed by atoms with Crippen molar-refractivity contribution in [1.82, 2.24) is 5.32 Å². The lowest BCUT2D eigenvalue weighted by Gasteiger charge is -2.20. The maximum Gasteiger partial charge on any atom is 0.416 e. The Balaban J connectivity index is 2.09. The molecule has 21 heavy (non-hydrogen) atoms. The van der Waals surface area contributed by atoms with Crippen LogP contribution < -0.4 is 5.32 Å². The standard InChI is InChI=1S/C16H14F3NS/c17-16(18,19)12-6-7-14-13(10-12)15(20-8-9-21-14)11-4-2-1-3-5-11/h1-7,10,15,20H,8-9H2. The van der Waals surface area contributed by atoms with Crippen molar-refractivity contribution in [1.29, 1.82) is 0 Å². The van der Waals surface area contributed by atoms with E-state index in [9.17, 15) is 13.2 Å². The van der Waals surface area contributed by atoms with Crippen molar-refractivity contribution in [3.05, 3.63) is 65.2 Å². The SMILES string of the molecule is FC(F)(F)c1ccc2c(c1)C(c1ccccc1)NCCS2. The molecule has 0 aliphatic carbocycles. The summed E-state index contributed by atoms with van der Waals surface area (Å²) in [4.78, 5) is 0.918. The van der Waals surface area contributed by atoms with E-state index in [1.54, 1.807) is 17.8 Å². The van der Waals surface area contributed by atoms with Gasteiger partial charge in [0.1, 0.15) is 0 Å². The molecule has 0 amide bonds. The number of nitrogens with one attached hydrogen (secondary N) is 1. The first kappa shape index (κ1) is 14.5. The van der Waals surface area contributed by atoms with Crippen LogP contribution in [0.5, 0.6) is 0 Å². The molecule has 0 aromatic heterocycles. The van der Waals surface area contributed by atoms with Gasteiger partial charge in [-0.2, -0.15) is 13.2 Å². The fourth-order valence-electron chi connectivity index (χ4n) is 2.50. The molecule has 2 aromatic carbocycles. The number of rotatable bonds is 1. The van der Waals surface area contributed by atoms with Crippen LogP contribution in [-0.2, 0) is 6.18 Å². The maximum absolute atomic E-state index is 13.0. The second-order valence-electron chi connectivity index (χ2n) is 4.90. The molecule has 1 nitrogen and oxygen atoms in total. The summed E-state index contributed by atoms with van der Waals surface area (Å²) in [7, 11) is 0. The number of hydrogen-bond donors (Lipinski definition) is 1. The van der Waals surface area contributed by atoms with Crippen LogP contribution >= 0.6 is 11.8 Å². The summed E-state index contributed by atoms with van der Waals surface area (Å²) in [5.41, 5.74) is 1.10. The summed E-state index contributed by atoms with van der Waals surface area (Å²) < 4.78 is 38.9. The third-order valence-electron chi connectivity index (χ3n) is 3.49. The minimum Gasteiger partial charge on any atom is -0.305 e. The van der Waals surface area contributed by atoms with E-state index >= 15 is 0 Å². The van der Waals surface area contributed by atoms with Crippen molar-refractivity contribution in [3.8, 4) is 0 Å². The lowest BCUT2D eigenvalue weighted by molar-refractivity contribution is -0.137. The molecule has 1 atom stereocenters. The minimum absolute atomic E-state index is 0.196. The normalized spacial score (nSPS) is 18.9. The molecule has 2 aromatic rings. The van der Waals surface area contributed by atoms with Gasteiger partial charge in [-0.15, -0.1) is 11.8 Å². The van der Waals surface area contributed by atoms with E-state index in [1.807, 2.05) is 30.3 Å². The summed E-state index contributed by atoms with van der Waals surface area (Å²) in [6.45, 7) is 0.764. The Bertz CT molecular complexity index is 625. The number of alkyl halides is 3. The van der Waals surface area contributed by atoms with Gasteiger partial charge in [-0.25, -0.2) is 0 Å². The van der Waals surface area contributed by atoms with E-state index in [0.29, 0.717) is 5.56 Å². The molecule has 1 heterocycles. The van der Waals surface area contributed by atoms with E-state index in [4.69, 9.17) is 0 Å². The van der Waals surface area contributed by atoms with Gasteiger partial charge in [-0.05, 0) is 29.3 Å². The number of halogens is 3. The molecule has 0 saturated heterocycles. The Labute approximate surface area is 125 Å². The minimum atomic E-state index is -4.31. The number of benzene rings is 2. The molecule has 3 rings (SSSR count). The van der Waals surface area contributed by atoms with Crippen LogP contribution in [0.1, 0.15) is 22.7 Å². The van der Waals surface area contributed by atoms with Crippen LogP contribution in [0.25, 0.3) is 0 Å². The van der Waals surface area contributed by atoms with Crippen LogP contribution in [0.3, 0.4) is 0 Å². The van der Waals surface area contributed by atoms with Crippen molar-refractivity contribution in [3.63, 3.8) is 0 Å². The summed E-state index contributed by atoms with van der Waals surface area (Å²) in [6.07, 6.45) is -4.31. The van der Waals surface area contributed by atoms with E-state index in [1.165, 1.54) is 12.1 Å². The van der Waals surface area contributed by atoms with Crippen molar-refractivity contribution >= 4 is 11.8 Å². The predicted octanol–water partition coefficient (Wildman–Crippen LogP) is 4.49. The molecule has 1 N–H and O–H groups in total. The monoisotopic (exact) mass is 309 g/mol. The van der Waals surface area contributed by atoms with Gasteiger partial charge >= 0.3 is 6.18 Å². The van der Waals surface area contributed by atoms with E-state index in [2.05, 4.69) is 5.32 Å². The van der Waals surface area contributed by atoms with Crippen LogP contribution in [0.4, 0.5) is 13.2 Å². The molecule has 1 aliphatic rings. The second kappa shape index (κ2) is 5.73. The highest BCUT2D eigenvalue weighted by molar-refractivity contribution is 7.99. The Morgan fingerprint density at radius 3 is 2.52 bits per heavy atom. The summed E-state index contributed by atoms with van der Waals surface area (Å²) >= 11 is 1.60. The van der Waals surface area contributed by atoms with Crippen LogP contribution in [0.2, 0.25) is 0 Å². The van der Waals surface area contributed by atoms with E-state index in [-0.39, 0.29) is 6.04 Å². The lowest BCUT2D eigenvalue weighted by atomic mass is 9.97. The summed E-state index contributed by atoms with van der Waals surface area (Å²) in [6, 6.07) is 13.4. The fraction of sp³-hybridized carbons (Fsp3) is 0.250. The molecular formula is C16H14F3NS. The van der Waals surface area contributed by atoms with Crippen molar-refractivity contribution in [2.45, 2.75) is 17.1 Å². The number of hydrogen-bond acceptors (Lipinski definition) is 2. The highest BCUT2D eigenvalue weighted by Crippen LogP contribution is 2.38. The Kier molecular flexibility index (Phi) is 3.95. The fourth-order valence-corrected chi connectivity index (χ4v) is 3.45. The van der Waals surface area contributed by atoms with E-state index in [0.717, 1.165) is 22.8 Å². The third kappa shape index (κ3) is 3.09. The highest BCUT2D eigenvalue weighted by atomic mass is 32.2. The van der Waals surface area contributed by atoms with Crippen LogP contribution in [0, 0.1) is 0 Å². The Morgan fingerprint density at radius 1 is 1.05 bits per heavy atom. The van der Waals surface area contributed by atoms with Gasteiger partial charge in [0.05, 0.1) is 11.6 Å². The molecule has 0 fully saturated rings. The molecule has 1 aliphatic heterocycles. The first-order valence-electron chi connectivity index (χ1n) is 6.68. The van der Waals surface area contributed by atoms with Crippen LogP contribution in [-0.4, -0.2) is 12.3 Å². The van der Waals surface area contributed by atoms with Crippen molar-refractivity contribution < 1.29 is 13.2 Å². The molecule has 0 spiro atoms. The largest absolute Gasteiger partial charge is 0.416 e. The van der Waals surface area contributed by atoms with Gasteiger partial charge in [-0.3, -0.25) is 0 Å². The highest BCUT2D eigenvalue weighted by Gasteiger charge is 2.32. The summed E-state index contributed by atoms with van der Waals surface area (Å²) in [5.74, 6) is 0.849. The molecular weight excluding hydrogens is 295 g/mol. The van der Waals surface area contributed by atoms with Gasteiger partial charge < -0.3 is 5.32 Å². The third-order valence-corrected chi connectivity index (χ3v) is 4.58. The molecule has 0 radical (unpaired) electrons. The Morgan fingerprint density at radius 2 is 1.81 bits per heavy atom. The maximum atomic E-state index is 13.0. The van der Waals surface area contributed by atoms with Crippen molar-refractivity contribution in [2.24, 2.45) is 0 Å². The molecule has 110 valence electrons. The zero-order chi connectivity index (χ0) is 14.9. The second-order valence-corrected chi connectivity index (χ2v) is 6.03. The average Bonchev–Trinajstić information content (AvgIpc) is 2.69. The predicted molar refractivity (Wildman–Crippen MR) is 78.5 cm³/mol. The molecule has 0 bridgehead atoms. The topological polar surface area (TPSA) is 12.0 Å². The quantitative estimate of drug-likeness (QED) is 0.833. The average molecular weight is 309 g/mol. The first-order chi connectivity index (χ1) is 10.1. The number of thioether (sulfide) groups is 1. The first-order valence-corrected chi connectivity index (χ1v) is 7.66. The smallest absolute Gasteiger partial charge is 0.305 e. The van der Waals surface area contributed by atoms with E-state index < -0.39 is 11.7 Å².